The van der Waals surface area contributed by atoms with Crippen LogP contribution in [-0.4, -0.2) is 11.9 Å². The van der Waals surface area contributed by atoms with Crippen LogP contribution >= 0.6 is 23.8 Å². The van der Waals surface area contributed by atoms with Crippen molar-refractivity contribution in [3.8, 4) is 11.5 Å². The van der Waals surface area contributed by atoms with Gasteiger partial charge in [-0.15, -0.1) is 0 Å². The van der Waals surface area contributed by atoms with E-state index >= 15 is 0 Å². The Bertz CT molecular complexity index is 706. The maximum absolute atomic E-state index is 5.87. The molecule has 0 bridgehead atoms. The highest BCUT2D eigenvalue weighted by molar-refractivity contribution is 7.80. The Morgan fingerprint density at radius 3 is 2.70 bits per heavy atom. The van der Waals surface area contributed by atoms with Crippen molar-refractivity contribution in [1.29, 1.82) is 0 Å². The van der Waals surface area contributed by atoms with E-state index in [2.05, 4.69) is 10.6 Å². The van der Waals surface area contributed by atoms with E-state index in [1.807, 2.05) is 49.4 Å². The molecule has 2 aromatic carbocycles. The molecule has 0 aliphatic carbocycles. The van der Waals surface area contributed by atoms with Crippen molar-refractivity contribution in [3.63, 3.8) is 0 Å². The number of fused-ring (bicyclic) bond motifs is 1. The van der Waals surface area contributed by atoms with Crippen LogP contribution in [0.3, 0.4) is 0 Å². The minimum Gasteiger partial charge on any atom is -0.454 e. The van der Waals surface area contributed by atoms with Crippen LogP contribution in [-0.2, 0) is 6.54 Å². The largest absolute Gasteiger partial charge is 0.454 e. The van der Waals surface area contributed by atoms with Crippen molar-refractivity contribution >= 4 is 28.9 Å². The molecule has 2 N–H and O–H groups in total. The second-order valence-corrected chi connectivity index (χ2v) is 6.13. The fourth-order valence-electron chi connectivity index (χ4n) is 2.30. The Kier molecular flexibility index (Phi) is 4.88. The van der Waals surface area contributed by atoms with Crippen LogP contribution in [0.4, 0.5) is 0 Å². The molecular weight excluding hydrogens is 332 g/mol. The summed E-state index contributed by atoms with van der Waals surface area (Å²) in [5.74, 6) is 1.56. The molecule has 4 nitrogen and oxygen atoms in total. The van der Waals surface area contributed by atoms with Crippen molar-refractivity contribution < 1.29 is 9.47 Å². The lowest BCUT2D eigenvalue weighted by molar-refractivity contribution is 0.174. The van der Waals surface area contributed by atoms with E-state index in [4.69, 9.17) is 33.3 Å². The first kappa shape index (κ1) is 15.9. The maximum Gasteiger partial charge on any atom is 0.231 e. The van der Waals surface area contributed by atoms with E-state index in [-0.39, 0.29) is 12.8 Å². The van der Waals surface area contributed by atoms with E-state index in [1.165, 1.54) is 0 Å². The lowest BCUT2D eigenvalue weighted by Gasteiger charge is -2.17. The summed E-state index contributed by atoms with van der Waals surface area (Å²) in [5, 5.41) is 7.79. The van der Waals surface area contributed by atoms with Gasteiger partial charge >= 0.3 is 0 Å². The van der Waals surface area contributed by atoms with Gasteiger partial charge in [0.1, 0.15) is 0 Å². The van der Waals surface area contributed by atoms with E-state index in [9.17, 15) is 0 Å². The fourth-order valence-corrected chi connectivity index (χ4v) is 2.67. The van der Waals surface area contributed by atoms with Gasteiger partial charge in [0, 0.05) is 11.6 Å². The number of thiocarbonyl (C=S) groups is 1. The zero-order valence-electron chi connectivity index (χ0n) is 12.6. The summed E-state index contributed by atoms with van der Waals surface area (Å²) in [5.41, 5.74) is 2.21. The normalized spacial score (nSPS) is 13.5. The van der Waals surface area contributed by atoms with Gasteiger partial charge in [-0.05, 0) is 54.5 Å². The van der Waals surface area contributed by atoms with Crippen LogP contribution in [0.25, 0.3) is 0 Å². The topological polar surface area (TPSA) is 42.5 Å². The maximum atomic E-state index is 5.87. The van der Waals surface area contributed by atoms with Gasteiger partial charge in [-0.2, -0.15) is 0 Å². The quantitative estimate of drug-likeness (QED) is 0.823. The van der Waals surface area contributed by atoms with Crippen molar-refractivity contribution in [2.75, 3.05) is 6.79 Å². The molecule has 0 aromatic heterocycles. The van der Waals surface area contributed by atoms with Gasteiger partial charge in [-0.3, -0.25) is 0 Å². The summed E-state index contributed by atoms with van der Waals surface area (Å²) in [7, 11) is 0. The van der Waals surface area contributed by atoms with E-state index in [1.54, 1.807) is 0 Å². The van der Waals surface area contributed by atoms with Crippen molar-refractivity contribution in [3.05, 3.63) is 58.6 Å². The van der Waals surface area contributed by atoms with Crippen LogP contribution in [0.2, 0.25) is 5.02 Å². The summed E-state index contributed by atoms with van der Waals surface area (Å²) >= 11 is 11.2. The molecule has 23 heavy (non-hydrogen) atoms. The van der Waals surface area contributed by atoms with E-state index in [0.29, 0.717) is 11.7 Å². The highest BCUT2D eigenvalue weighted by Crippen LogP contribution is 2.34. The van der Waals surface area contributed by atoms with Gasteiger partial charge in [-0.1, -0.05) is 29.8 Å². The summed E-state index contributed by atoms with van der Waals surface area (Å²) in [6.45, 7) is 2.98. The number of hydrogen-bond donors (Lipinski definition) is 2. The Labute approximate surface area is 145 Å². The molecular formula is C17H17ClN2O2S. The second-order valence-electron chi connectivity index (χ2n) is 5.29. The first-order valence-electron chi connectivity index (χ1n) is 7.30. The van der Waals surface area contributed by atoms with E-state index in [0.717, 1.165) is 27.6 Å². The molecule has 120 valence electrons. The summed E-state index contributed by atoms with van der Waals surface area (Å²) < 4.78 is 10.7. The number of hydrogen-bond acceptors (Lipinski definition) is 3. The minimum atomic E-state index is 0.0646. The molecule has 0 fully saturated rings. The number of ether oxygens (including phenoxy) is 2. The molecule has 0 unspecified atom stereocenters. The summed E-state index contributed by atoms with van der Waals surface area (Å²) in [6, 6.07) is 13.6. The van der Waals surface area contributed by atoms with Gasteiger partial charge in [0.25, 0.3) is 0 Å². The third kappa shape index (κ3) is 4.06. The molecule has 1 heterocycles. The third-order valence-electron chi connectivity index (χ3n) is 3.61. The van der Waals surface area contributed by atoms with Crippen LogP contribution in [0.1, 0.15) is 24.1 Å². The second kappa shape index (κ2) is 7.06. The van der Waals surface area contributed by atoms with Gasteiger partial charge < -0.3 is 20.1 Å². The van der Waals surface area contributed by atoms with E-state index < -0.39 is 0 Å². The Hall–Kier alpha value is -1.98. The van der Waals surface area contributed by atoms with Gasteiger partial charge in [0.05, 0.1) is 6.04 Å². The van der Waals surface area contributed by atoms with Crippen LogP contribution in [0.15, 0.2) is 42.5 Å². The van der Waals surface area contributed by atoms with Crippen LogP contribution in [0, 0.1) is 0 Å². The number of nitrogens with one attached hydrogen (secondary N) is 2. The lowest BCUT2D eigenvalue weighted by Crippen LogP contribution is -2.36. The third-order valence-corrected chi connectivity index (χ3v) is 4.12. The highest BCUT2D eigenvalue weighted by Gasteiger charge is 2.16. The first-order valence-corrected chi connectivity index (χ1v) is 8.09. The predicted octanol–water partition coefficient (Wildman–Crippen LogP) is 3.79. The molecule has 1 atom stereocenters. The van der Waals surface area contributed by atoms with Crippen molar-refractivity contribution in [2.45, 2.75) is 19.5 Å². The minimum absolute atomic E-state index is 0.0646. The average molecular weight is 349 g/mol. The standard InChI is InChI=1S/C17H17ClN2O2S/c1-11(13-4-7-15-16(8-13)22-10-21-15)20-17(23)19-9-12-2-5-14(18)6-3-12/h2-8,11H,9-10H2,1H3,(H2,19,20,23)/t11-/m0/s1. The lowest BCUT2D eigenvalue weighted by atomic mass is 10.1. The zero-order valence-corrected chi connectivity index (χ0v) is 14.2. The molecule has 6 heteroatoms. The Morgan fingerprint density at radius 1 is 1.17 bits per heavy atom. The summed E-state index contributed by atoms with van der Waals surface area (Å²) in [4.78, 5) is 0. The molecule has 0 saturated heterocycles. The average Bonchev–Trinajstić information content (AvgIpc) is 3.02. The summed E-state index contributed by atoms with van der Waals surface area (Å²) in [6.07, 6.45) is 0. The molecule has 0 saturated carbocycles. The first-order chi connectivity index (χ1) is 11.1. The number of benzene rings is 2. The number of halogens is 1. The number of rotatable bonds is 4. The van der Waals surface area contributed by atoms with Gasteiger partial charge in [0.15, 0.2) is 16.6 Å². The Balaban J connectivity index is 1.54. The molecule has 3 rings (SSSR count). The van der Waals surface area contributed by atoms with Gasteiger partial charge in [-0.25, -0.2) is 0 Å². The highest BCUT2D eigenvalue weighted by atomic mass is 35.5. The van der Waals surface area contributed by atoms with Gasteiger partial charge in [0.2, 0.25) is 6.79 Å². The van der Waals surface area contributed by atoms with Crippen molar-refractivity contribution in [1.82, 2.24) is 10.6 Å². The Morgan fingerprint density at radius 2 is 1.91 bits per heavy atom. The molecule has 0 spiro atoms. The van der Waals surface area contributed by atoms with Crippen LogP contribution < -0.4 is 20.1 Å². The van der Waals surface area contributed by atoms with Crippen molar-refractivity contribution in [2.24, 2.45) is 0 Å². The monoisotopic (exact) mass is 348 g/mol. The smallest absolute Gasteiger partial charge is 0.231 e. The molecule has 0 amide bonds. The SMILES string of the molecule is C[C@H](NC(=S)NCc1ccc(Cl)cc1)c1ccc2c(c1)OCO2. The zero-order chi connectivity index (χ0) is 16.2. The molecule has 1 aliphatic rings. The molecule has 2 aromatic rings. The van der Waals surface area contributed by atoms with Crippen LogP contribution in [0.5, 0.6) is 11.5 Å². The predicted molar refractivity (Wildman–Crippen MR) is 95.0 cm³/mol. The fraction of sp³-hybridized carbons (Fsp3) is 0.235. The molecule has 0 radical (unpaired) electrons. The molecule has 1 aliphatic heterocycles.